The number of hydrogen-bond acceptors (Lipinski definition) is 3. The number of thiocarbonyl (C=S) groups is 1. The molecule has 2 heterocycles. The van der Waals surface area contributed by atoms with Gasteiger partial charge in [-0.25, -0.2) is 0 Å². The molecule has 0 amide bonds. The predicted octanol–water partition coefficient (Wildman–Crippen LogP) is 2.88. The molecule has 0 radical (unpaired) electrons. The summed E-state index contributed by atoms with van der Waals surface area (Å²) >= 11 is 5.71. The molecule has 2 aliphatic heterocycles. The molecule has 3 rings (SSSR count). The average molecular weight is 347 g/mol. The van der Waals surface area contributed by atoms with Gasteiger partial charge in [0.05, 0.1) is 0 Å². The molecule has 2 fully saturated rings. The number of piperidine rings is 1. The first-order valence-electron chi connectivity index (χ1n) is 9.26. The zero-order valence-corrected chi connectivity index (χ0v) is 15.6. The van der Waals surface area contributed by atoms with Crippen LogP contribution in [0.1, 0.15) is 25.7 Å². The van der Waals surface area contributed by atoms with Crippen molar-refractivity contribution in [2.24, 2.45) is 0 Å². The van der Waals surface area contributed by atoms with Crippen molar-refractivity contribution in [3.05, 3.63) is 30.3 Å². The SMILES string of the molecule is CN1CCN(CC[C@@H]2CCCCN2C(=S)Nc2ccccc2)CC1. The monoisotopic (exact) mass is 346 g/mol. The number of para-hydroxylation sites is 1. The second-order valence-electron chi connectivity index (χ2n) is 7.07. The lowest BCUT2D eigenvalue weighted by atomic mass is 9.99. The van der Waals surface area contributed by atoms with Gasteiger partial charge in [-0.15, -0.1) is 0 Å². The van der Waals surface area contributed by atoms with Crippen LogP contribution < -0.4 is 5.32 Å². The lowest BCUT2D eigenvalue weighted by molar-refractivity contribution is 0.135. The van der Waals surface area contributed by atoms with Gasteiger partial charge in [-0.3, -0.25) is 0 Å². The van der Waals surface area contributed by atoms with E-state index in [1.165, 1.54) is 58.4 Å². The molecule has 132 valence electrons. The normalized spacial score (nSPS) is 23.2. The number of hydrogen-bond donors (Lipinski definition) is 1. The Kier molecular flexibility index (Phi) is 6.46. The number of piperazine rings is 1. The molecule has 2 saturated heterocycles. The molecule has 2 aliphatic rings. The molecule has 1 aromatic carbocycles. The van der Waals surface area contributed by atoms with Crippen molar-refractivity contribution in [2.75, 3.05) is 51.6 Å². The number of rotatable bonds is 4. The van der Waals surface area contributed by atoms with Crippen LogP contribution in [0.15, 0.2) is 30.3 Å². The van der Waals surface area contributed by atoms with Crippen LogP contribution in [0.3, 0.4) is 0 Å². The highest BCUT2D eigenvalue weighted by Crippen LogP contribution is 2.22. The van der Waals surface area contributed by atoms with Crippen molar-refractivity contribution in [2.45, 2.75) is 31.7 Å². The fourth-order valence-corrected chi connectivity index (χ4v) is 4.05. The van der Waals surface area contributed by atoms with Gasteiger partial charge in [0, 0.05) is 51.0 Å². The third-order valence-corrected chi connectivity index (χ3v) is 5.62. The maximum atomic E-state index is 5.71. The molecule has 1 N–H and O–H groups in total. The van der Waals surface area contributed by atoms with Crippen LogP contribution in [0, 0.1) is 0 Å². The summed E-state index contributed by atoms with van der Waals surface area (Å²) in [6, 6.07) is 10.9. The van der Waals surface area contributed by atoms with Gasteiger partial charge in [0.15, 0.2) is 5.11 Å². The Labute approximate surface area is 151 Å². The first-order valence-corrected chi connectivity index (χ1v) is 9.67. The predicted molar refractivity (Wildman–Crippen MR) is 106 cm³/mol. The fourth-order valence-electron chi connectivity index (χ4n) is 3.69. The summed E-state index contributed by atoms with van der Waals surface area (Å²) in [5.74, 6) is 0. The van der Waals surface area contributed by atoms with Gasteiger partial charge in [-0.2, -0.15) is 0 Å². The van der Waals surface area contributed by atoms with E-state index in [0.717, 1.165) is 17.3 Å². The number of likely N-dealkylation sites (tertiary alicyclic amines) is 1. The van der Waals surface area contributed by atoms with Crippen molar-refractivity contribution in [3.8, 4) is 0 Å². The van der Waals surface area contributed by atoms with Gasteiger partial charge in [0.25, 0.3) is 0 Å². The minimum atomic E-state index is 0.585. The first-order chi connectivity index (χ1) is 11.7. The standard InChI is InChI=1S/C19H30N4S/c1-21-13-15-22(16-14-21)12-10-18-9-5-6-11-23(18)19(24)20-17-7-3-2-4-8-17/h2-4,7-8,18H,5-6,9-16H2,1H3,(H,20,24)/t18-/m0/s1. The lowest BCUT2D eigenvalue weighted by Gasteiger charge is -2.39. The number of nitrogens with zero attached hydrogens (tertiary/aromatic N) is 3. The van der Waals surface area contributed by atoms with Crippen LogP contribution >= 0.6 is 12.2 Å². The second kappa shape index (κ2) is 8.79. The van der Waals surface area contributed by atoms with E-state index < -0.39 is 0 Å². The van der Waals surface area contributed by atoms with Crippen LogP contribution in [0.4, 0.5) is 5.69 Å². The third-order valence-electron chi connectivity index (χ3n) is 5.29. The van der Waals surface area contributed by atoms with E-state index in [0.29, 0.717) is 6.04 Å². The van der Waals surface area contributed by atoms with Crippen molar-refractivity contribution < 1.29 is 0 Å². The quantitative estimate of drug-likeness (QED) is 0.844. The Morgan fingerprint density at radius 2 is 1.83 bits per heavy atom. The minimum absolute atomic E-state index is 0.585. The lowest BCUT2D eigenvalue weighted by Crippen LogP contribution is -2.49. The molecule has 24 heavy (non-hydrogen) atoms. The number of nitrogens with one attached hydrogen (secondary N) is 1. The van der Waals surface area contributed by atoms with Crippen molar-refractivity contribution in [1.82, 2.24) is 14.7 Å². The number of benzene rings is 1. The van der Waals surface area contributed by atoms with E-state index in [1.54, 1.807) is 0 Å². The highest BCUT2D eigenvalue weighted by molar-refractivity contribution is 7.80. The largest absolute Gasteiger partial charge is 0.346 e. The van der Waals surface area contributed by atoms with E-state index >= 15 is 0 Å². The summed E-state index contributed by atoms with van der Waals surface area (Å²) in [6.07, 6.45) is 5.07. The van der Waals surface area contributed by atoms with E-state index in [1.807, 2.05) is 18.2 Å². The maximum Gasteiger partial charge on any atom is 0.173 e. The molecule has 0 spiro atoms. The summed E-state index contributed by atoms with van der Waals surface area (Å²) in [5, 5.41) is 4.32. The van der Waals surface area contributed by atoms with E-state index in [9.17, 15) is 0 Å². The van der Waals surface area contributed by atoms with Gasteiger partial charge in [-0.1, -0.05) is 18.2 Å². The van der Waals surface area contributed by atoms with Crippen LogP contribution in [-0.4, -0.2) is 72.2 Å². The van der Waals surface area contributed by atoms with Crippen LogP contribution in [0.25, 0.3) is 0 Å². The molecule has 0 aromatic heterocycles. The second-order valence-corrected chi connectivity index (χ2v) is 7.46. The van der Waals surface area contributed by atoms with E-state index in [2.05, 4.69) is 39.2 Å². The maximum absolute atomic E-state index is 5.71. The molecule has 0 unspecified atom stereocenters. The van der Waals surface area contributed by atoms with Crippen molar-refractivity contribution >= 4 is 23.0 Å². The van der Waals surface area contributed by atoms with Crippen LogP contribution in [-0.2, 0) is 0 Å². The smallest absolute Gasteiger partial charge is 0.173 e. The molecule has 0 bridgehead atoms. The fraction of sp³-hybridized carbons (Fsp3) is 0.632. The summed E-state index contributed by atoms with van der Waals surface area (Å²) in [7, 11) is 2.22. The van der Waals surface area contributed by atoms with Gasteiger partial charge >= 0.3 is 0 Å². The molecule has 0 saturated carbocycles. The van der Waals surface area contributed by atoms with E-state index in [-0.39, 0.29) is 0 Å². The summed E-state index contributed by atoms with van der Waals surface area (Å²) < 4.78 is 0. The molecule has 1 aromatic rings. The van der Waals surface area contributed by atoms with Gasteiger partial charge < -0.3 is 20.0 Å². The molecule has 0 aliphatic carbocycles. The minimum Gasteiger partial charge on any atom is -0.346 e. The third kappa shape index (κ3) is 4.91. The van der Waals surface area contributed by atoms with Crippen LogP contribution in [0.5, 0.6) is 0 Å². The first kappa shape index (κ1) is 17.6. The zero-order valence-electron chi connectivity index (χ0n) is 14.8. The van der Waals surface area contributed by atoms with Gasteiger partial charge in [0.1, 0.15) is 0 Å². The zero-order chi connectivity index (χ0) is 16.8. The Morgan fingerprint density at radius 1 is 1.08 bits per heavy atom. The molecular weight excluding hydrogens is 316 g/mol. The summed E-state index contributed by atoms with van der Waals surface area (Å²) in [5.41, 5.74) is 1.09. The summed E-state index contributed by atoms with van der Waals surface area (Å²) in [4.78, 5) is 7.46. The van der Waals surface area contributed by atoms with E-state index in [4.69, 9.17) is 12.2 Å². The highest BCUT2D eigenvalue weighted by atomic mass is 32.1. The molecular formula is C19H30N4S. The highest BCUT2D eigenvalue weighted by Gasteiger charge is 2.25. The van der Waals surface area contributed by atoms with Gasteiger partial charge in [0.2, 0.25) is 0 Å². The number of anilines is 1. The van der Waals surface area contributed by atoms with Crippen molar-refractivity contribution in [1.29, 1.82) is 0 Å². The molecule has 4 nitrogen and oxygen atoms in total. The Morgan fingerprint density at radius 3 is 2.58 bits per heavy atom. The molecule has 5 heteroatoms. The topological polar surface area (TPSA) is 21.8 Å². The Bertz CT molecular complexity index is 513. The Hall–Kier alpha value is -1.17. The van der Waals surface area contributed by atoms with Crippen molar-refractivity contribution in [3.63, 3.8) is 0 Å². The Balaban J connectivity index is 1.52. The van der Waals surface area contributed by atoms with Crippen LogP contribution in [0.2, 0.25) is 0 Å². The number of likely N-dealkylation sites (N-methyl/N-ethyl adjacent to an activating group) is 1. The van der Waals surface area contributed by atoms with Gasteiger partial charge in [-0.05, 0) is 57.1 Å². The summed E-state index contributed by atoms with van der Waals surface area (Å²) in [6.45, 7) is 7.09. The molecule has 1 atom stereocenters. The average Bonchev–Trinajstić information content (AvgIpc) is 2.62.